The first-order valence-corrected chi connectivity index (χ1v) is 15.5. The first kappa shape index (κ1) is 25.2. The predicted octanol–water partition coefficient (Wildman–Crippen LogP) is 8.89. The molecule has 0 saturated carbocycles. The van der Waals surface area contributed by atoms with Crippen molar-refractivity contribution in [3.05, 3.63) is 174 Å². The third-order valence-corrected chi connectivity index (χ3v) is 9.45. The Kier molecular flexibility index (Phi) is 5.14. The van der Waals surface area contributed by atoms with Gasteiger partial charge >= 0.3 is 0 Å². The zero-order valence-corrected chi connectivity index (χ0v) is 24.7. The smallest absolute Gasteiger partial charge is 0.164 e. The minimum absolute atomic E-state index is 0.588. The zero-order valence-electron chi connectivity index (χ0n) is 24.7. The van der Waals surface area contributed by atoms with Crippen molar-refractivity contribution in [1.82, 2.24) is 24.5 Å². The minimum Gasteiger partial charge on any atom is -0.295 e. The van der Waals surface area contributed by atoms with E-state index in [-0.39, 0.29) is 0 Å². The average molecular weight is 588 g/mol. The Morgan fingerprint density at radius 1 is 0.413 bits per heavy atom. The number of hydrogen-bond donors (Lipinski definition) is 0. The van der Waals surface area contributed by atoms with E-state index in [4.69, 9.17) is 19.9 Å². The van der Waals surface area contributed by atoms with Gasteiger partial charge in [0.1, 0.15) is 11.2 Å². The first-order chi connectivity index (χ1) is 22.8. The molecule has 1 atom stereocenters. The number of rotatable bonds is 3. The van der Waals surface area contributed by atoms with Crippen LogP contribution in [0.25, 0.3) is 62.0 Å². The van der Waals surface area contributed by atoms with Gasteiger partial charge in [0.25, 0.3) is 0 Å². The lowest BCUT2D eigenvalue weighted by Crippen LogP contribution is -2.27. The van der Waals surface area contributed by atoms with Gasteiger partial charge in [-0.05, 0) is 52.1 Å². The van der Waals surface area contributed by atoms with Crippen molar-refractivity contribution in [3.63, 3.8) is 0 Å². The molecule has 0 N–H and O–H groups in total. The van der Waals surface area contributed by atoms with Crippen LogP contribution in [-0.2, 0) is 5.41 Å². The van der Waals surface area contributed by atoms with Crippen molar-refractivity contribution < 1.29 is 0 Å². The van der Waals surface area contributed by atoms with Gasteiger partial charge in [0.05, 0.1) is 16.7 Å². The first-order valence-electron chi connectivity index (χ1n) is 15.5. The van der Waals surface area contributed by atoms with Crippen LogP contribution in [0.5, 0.6) is 0 Å². The highest BCUT2D eigenvalue weighted by molar-refractivity contribution is 5.92. The van der Waals surface area contributed by atoms with E-state index in [1.54, 1.807) is 0 Å². The summed E-state index contributed by atoms with van der Waals surface area (Å²) in [5, 5.41) is 0. The summed E-state index contributed by atoms with van der Waals surface area (Å²) >= 11 is 0. The Balaban J connectivity index is 1.27. The second-order valence-electron chi connectivity index (χ2n) is 11.9. The van der Waals surface area contributed by atoms with Crippen molar-refractivity contribution >= 4 is 11.0 Å². The number of aromatic nitrogens is 5. The predicted molar refractivity (Wildman–Crippen MR) is 182 cm³/mol. The fourth-order valence-electron chi connectivity index (χ4n) is 7.51. The van der Waals surface area contributed by atoms with E-state index in [2.05, 4.69) is 95.6 Å². The number of hydrogen-bond acceptors (Lipinski definition) is 4. The van der Waals surface area contributed by atoms with E-state index in [1.165, 1.54) is 27.8 Å². The number of fused-ring (bicyclic) bond motifs is 12. The molecule has 214 valence electrons. The van der Waals surface area contributed by atoms with Crippen LogP contribution in [0.4, 0.5) is 0 Å². The van der Waals surface area contributed by atoms with Crippen molar-refractivity contribution in [2.24, 2.45) is 0 Å². The SMILES string of the molecule is c1ccc(-c2nc(-c3ccccc3)nc(-c3ccc4c(c3)C3(c5ccccc5-4)c4ccccc4-n4c3nc3ccccc34)n2)cc1. The lowest BCUT2D eigenvalue weighted by Gasteiger charge is -2.27. The molecule has 5 nitrogen and oxygen atoms in total. The molecule has 0 saturated heterocycles. The summed E-state index contributed by atoms with van der Waals surface area (Å²) in [5.74, 6) is 2.96. The van der Waals surface area contributed by atoms with Crippen LogP contribution in [0.3, 0.4) is 0 Å². The van der Waals surface area contributed by atoms with Crippen LogP contribution in [0.1, 0.15) is 22.5 Å². The molecule has 2 aromatic heterocycles. The highest BCUT2D eigenvalue weighted by Gasteiger charge is 2.54. The largest absolute Gasteiger partial charge is 0.295 e. The molecule has 5 heteroatoms. The Bertz CT molecular complexity index is 2420. The highest BCUT2D eigenvalue weighted by atomic mass is 15.1. The maximum Gasteiger partial charge on any atom is 0.164 e. The molecule has 10 rings (SSSR count). The molecule has 46 heavy (non-hydrogen) atoms. The highest BCUT2D eigenvalue weighted by Crippen LogP contribution is 2.60. The van der Waals surface area contributed by atoms with E-state index in [1.807, 2.05) is 60.7 Å². The van der Waals surface area contributed by atoms with Gasteiger partial charge in [0, 0.05) is 16.7 Å². The lowest BCUT2D eigenvalue weighted by atomic mass is 9.72. The number of imidazole rings is 1. The van der Waals surface area contributed by atoms with Crippen molar-refractivity contribution in [2.75, 3.05) is 0 Å². The molecule has 3 heterocycles. The maximum absolute atomic E-state index is 5.37. The summed E-state index contributed by atoms with van der Waals surface area (Å²) in [4.78, 5) is 20.4. The van der Waals surface area contributed by atoms with Crippen LogP contribution in [0.2, 0.25) is 0 Å². The van der Waals surface area contributed by atoms with Crippen LogP contribution in [0, 0.1) is 0 Å². The van der Waals surface area contributed by atoms with Crippen LogP contribution >= 0.6 is 0 Å². The number of para-hydroxylation sites is 3. The Morgan fingerprint density at radius 2 is 0.978 bits per heavy atom. The molecule has 0 bridgehead atoms. The maximum atomic E-state index is 5.37. The van der Waals surface area contributed by atoms with E-state index in [0.29, 0.717) is 17.5 Å². The van der Waals surface area contributed by atoms with Crippen molar-refractivity contribution in [2.45, 2.75) is 5.41 Å². The monoisotopic (exact) mass is 587 g/mol. The Morgan fingerprint density at radius 3 is 1.72 bits per heavy atom. The van der Waals surface area contributed by atoms with Gasteiger partial charge in [0.15, 0.2) is 17.5 Å². The molecule has 1 aliphatic heterocycles. The van der Waals surface area contributed by atoms with Crippen molar-refractivity contribution in [1.29, 1.82) is 0 Å². The second kappa shape index (κ2) is 9.40. The van der Waals surface area contributed by atoms with E-state index in [0.717, 1.165) is 39.2 Å². The molecular weight excluding hydrogens is 562 g/mol. The van der Waals surface area contributed by atoms with Gasteiger partial charge in [-0.1, -0.05) is 127 Å². The molecule has 0 radical (unpaired) electrons. The lowest BCUT2D eigenvalue weighted by molar-refractivity contribution is 0.738. The van der Waals surface area contributed by atoms with Crippen LogP contribution < -0.4 is 0 Å². The fraction of sp³-hybridized carbons (Fsp3) is 0.0244. The van der Waals surface area contributed by atoms with Gasteiger partial charge in [-0.15, -0.1) is 0 Å². The summed E-state index contributed by atoms with van der Waals surface area (Å²) in [5.41, 5.74) is 11.6. The third kappa shape index (κ3) is 3.34. The van der Waals surface area contributed by atoms with Crippen LogP contribution in [0.15, 0.2) is 152 Å². The molecule has 1 spiro atoms. The molecule has 8 aromatic rings. The van der Waals surface area contributed by atoms with E-state index in [9.17, 15) is 0 Å². The quantitative estimate of drug-likeness (QED) is 0.207. The number of benzene rings is 6. The Labute approximate surface area is 265 Å². The molecule has 2 aliphatic rings. The van der Waals surface area contributed by atoms with E-state index >= 15 is 0 Å². The van der Waals surface area contributed by atoms with Gasteiger partial charge in [0.2, 0.25) is 0 Å². The molecule has 1 aliphatic carbocycles. The number of nitrogens with zero attached hydrogens (tertiary/aromatic N) is 5. The fourth-order valence-corrected chi connectivity index (χ4v) is 7.51. The van der Waals surface area contributed by atoms with Gasteiger partial charge in [-0.3, -0.25) is 4.57 Å². The average Bonchev–Trinajstić information content (AvgIpc) is 3.76. The summed E-state index contributed by atoms with van der Waals surface area (Å²) in [6.45, 7) is 0. The zero-order chi connectivity index (χ0) is 30.2. The van der Waals surface area contributed by atoms with Crippen molar-refractivity contribution in [3.8, 4) is 51.0 Å². The molecule has 6 aromatic carbocycles. The minimum atomic E-state index is -0.588. The van der Waals surface area contributed by atoms with E-state index < -0.39 is 5.41 Å². The molecule has 0 fully saturated rings. The molecule has 0 amide bonds. The third-order valence-electron chi connectivity index (χ3n) is 9.45. The van der Waals surface area contributed by atoms with Gasteiger partial charge in [-0.2, -0.15) is 0 Å². The summed E-state index contributed by atoms with van der Waals surface area (Å²) in [7, 11) is 0. The van der Waals surface area contributed by atoms with Gasteiger partial charge < -0.3 is 0 Å². The molecule has 1 unspecified atom stereocenters. The Hall–Kier alpha value is -6.20. The standard InChI is InChI=1S/C41H25N5/c1-3-13-26(14-4-1)37-43-38(27-15-5-2-6-16-27)45-39(44-37)28-23-24-30-29-17-7-8-18-31(29)41(33(30)25-28)32-19-9-11-21-35(32)46-36-22-12-10-20-34(36)42-40(41)46/h1-25H. The summed E-state index contributed by atoms with van der Waals surface area (Å²) in [6.07, 6.45) is 0. The summed E-state index contributed by atoms with van der Waals surface area (Å²) in [6, 6.07) is 52.9. The molecular formula is C41H25N5. The normalized spacial score (nSPS) is 15.5. The van der Waals surface area contributed by atoms with Gasteiger partial charge in [-0.25, -0.2) is 19.9 Å². The topological polar surface area (TPSA) is 56.5 Å². The van der Waals surface area contributed by atoms with Crippen LogP contribution in [-0.4, -0.2) is 24.5 Å². The summed E-state index contributed by atoms with van der Waals surface area (Å²) < 4.78 is 2.35. The second-order valence-corrected chi connectivity index (χ2v) is 11.9.